The summed E-state index contributed by atoms with van der Waals surface area (Å²) in [7, 11) is 3.45. The van der Waals surface area contributed by atoms with Crippen molar-refractivity contribution in [2.45, 2.75) is 136 Å². The molecule has 4 aliphatic rings. The third-order valence-corrected chi connectivity index (χ3v) is 14.5. The SMILES string of the molecule is CCCC[C@H](C[C@@H](OC(=O)[C@](OC)(c1ccccc1)C(F)(F)F)C(C)C)[C@@H](C)[C@H]1CC[C@H]2C3=CC=C4C[C@@H](OC(=O)OC)C[C@H](OC(=O)OC)[C@]4(C)[C@H]3CC[C@]12C. The first-order valence-electron chi connectivity index (χ1n) is 20.7. The van der Waals surface area contributed by atoms with Gasteiger partial charge in [0.25, 0.3) is 5.60 Å². The highest BCUT2D eigenvalue weighted by Gasteiger charge is 2.65. The van der Waals surface area contributed by atoms with Gasteiger partial charge in [0.05, 0.1) is 14.2 Å². The number of fused-ring (bicyclic) bond motifs is 5. The molecule has 1 aromatic rings. The number of allylic oxidation sites excluding steroid dienone is 3. The third-order valence-electron chi connectivity index (χ3n) is 14.5. The van der Waals surface area contributed by atoms with Gasteiger partial charge in [0, 0.05) is 30.9 Å². The lowest BCUT2D eigenvalue weighted by molar-refractivity contribution is -0.279. The molecule has 0 aromatic heterocycles. The van der Waals surface area contributed by atoms with E-state index < -0.39 is 53.8 Å². The quantitative estimate of drug-likeness (QED) is 0.134. The van der Waals surface area contributed by atoms with Crippen LogP contribution in [-0.4, -0.2) is 64.1 Å². The van der Waals surface area contributed by atoms with Gasteiger partial charge in [-0.2, -0.15) is 13.2 Å². The van der Waals surface area contributed by atoms with Crippen molar-refractivity contribution in [2.75, 3.05) is 21.3 Å². The van der Waals surface area contributed by atoms with Gasteiger partial charge in [0.1, 0.15) is 18.3 Å². The van der Waals surface area contributed by atoms with E-state index in [1.165, 1.54) is 44.1 Å². The second kappa shape index (κ2) is 17.8. The van der Waals surface area contributed by atoms with E-state index in [1.807, 2.05) is 13.8 Å². The van der Waals surface area contributed by atoms with Crippen molar-refractivity contribution in [3.8, 4) is 0 Å². The number of benzene rings is 1. The smallest absolute Gasteiger partial charge is 0.459 e. The summed E-state index contributed by atoms with van der Waals surface area (Å²) in [4.78, 5) is 38.5. The van der Waals surface area contributed by atoms with E-state index in [1.54, 1.807) is 6.07 Å². The van der Waals surface area contributed by atoms with Crippen LogP contribution in [0.15, 0.2) is 53.6 Å². The summed E-state index contributed by atoms with van der Waals surface area (Å²) in [5, 5.41) is 0. The largest absolute Gasteiger partial charge is 0.508 e. The number of alkyl halides is 3. The van der Waals surface area contributed by atoms with Gasteiger partial charge in [-0.1, -0.05) is 114 Å². The van der Waals surface area contributed by atoms with Crippen LogP contribution in [0, 0.1) is 46.3 Å². The molecular weight excluding hydrogens is 741 g/mol. The third kappa shape index (κ3) is 8.35. The molecule has 0 aliphatic heterocycles. The number of carbonyl (C=O) groups excluding carboxylic acids is 3. The summed E-state index contributed by atoms with van der Waals surface area (Å²) in [6.45, 7) is 12.8. The molecule has 0 bridgehead atoms. The molecule has 0 unspecified atom stereocenters. The van der Waals surface area contributed by atoms with Crippen LogP contribution in [0.5, 0.6) is 0 Å². The highest BCUT2D eigenvalue weighted by molar-refractivity contribution is 5.83. The van der Waals surface area contributed by atoms with Crippen LogP contribution in [-0.2, 0) is 38.8 Å². The van der Waals surface area contributed by atoms with Gasteiger partial charge < -0.3 is 28.4 Å². The molecular formula is C45H63F3O9. The molecule has 4 aliphatic carbocycles. The van der Waals surface area contributed by atoms with Crippen LogP contribution in [0.4, 0.5) is 22.8 Å². The fourth-order valence-corrected chi connectivity index (χ4v) is 11.3. The van der Waals surface area contributed by atoms with Crippen molar-refractivity contribution < 1.29 is 56.0 Å². The van der Waals surface area contributed by atoms with Crippen LogP contribution >= 0.6 is 0 Å². The minimum atomic E-state index is -5.05. The van der Waals surface area contributed by atoms with Crippen molar-refractivity contribution in [3.05, 3.63) is 59.2 Å². The topological polar surface area (TPSA) is 107 Å². The molecule has 57 heavy (non-hydrogen) atoms. The Balaban J connectivity index is 1.41. The van der Waals surface area contributed by atoms with Gasteiger partial charge in [-0.3, -0.25) is 0 Å². The van der Waals surface area contributed by atoms with Gasteiger partial charge in [-0.15, -0.1) is 0 Å². The van der Waals surface area contributed by atoms with E-state index in [0.29, 0.717) is 25.2 Å². The summed E-state index contributed by atoms with van der Waals surface area (Å²) < 4.78 is 76.8. The summed E-state index contributed by atoms with van der Waals surface area (Å²) in [5.41, 5.74) is -1.70. The first-order chi connectivity index (χ1) is 26.9. The molecule has 0 N–H and O–H groups in total. The van der Waals surface area contributed by atoms with Crippen molar-refractivity contribution in [2.24, 2.45) is 46.3 Å². The Labute approximate surface area is 336 Å². The predicted molar refractivity (Wildman–Crippen MR) is 208 cm³/mol. The van der Waals surface area contributed by atoms with Gasteiger partial charge in [-0.05, 0) is 73.0 Å². The zero-order chi connectivity index (χ0) is 41.9. The number of carbonyl (C=O) groups is 3. The molecule has 1 aromatic carbocycles. The molecule has 5 rings (SSSR count). The minimum absolute atomic E-state index is 0.0450. The van der Waals surface area contributed by atoms with E-state index in [4.69, 9.17) is 28.4 Å². The summed E-state index contributed by atoms with van der Waals surface area (Å²) in [6.07, 6.45) is 3.83. The lowest BCUT2D eigenvalue weighted by Gasteiger charge is -2.57. The highest BCUT2D eigenvalue weighted by atomic mass is 19.4. The van der Waals surface area contributed by atoms with Crippen LogP contribution in [0.1, 0.15) is 111 Å². The monoisotopic (exact) mass is 804 g/mol. The summed E-state index contributed by atoms with van der Waals surface area (Å²) in [5.74, 6) is -0.634. The zero-order valence-corrected chi connectivity index (χ0v) is 35.1. The molecule has 11 atom stereocenters. The molecule has 318 valence electrons. The Morgan fingerprint density at radius 2 is 1.56 bits per heavy atom. The van der Waals surface area contributed by atoms with Crippen molar-refractivity contribution in [3.63, 3.8) is 0 Å². The first kappa shape index (κ1) is 44.6. The second-order valence-electron chi connectivity index (χ2n) is 17.6. The minimum Gasteiger partial charge on any atom is -0.459 e. The maximum Gasteiger partial charge on any atom is 0.508 e. The number of hydrogen-bond donors (Lipinski definition) is 0. The van der Waals surface area contributed by atoms with Gasteiger partial charge >= 0.3 is 24.5 Å². The van der Waals surface area contributed by atoms with Crippen LogP contribution < -0.4 is 0 Å². The van der Waals surface area contributed by atoms with E-state index in [-0.39, 0.29) is 40.6 Å². The molecule has 0 saturated heterocycles. The molecule has 3 saturated carbocycles. The molecule has 0 heterocycles. The molecule has 0 spiro atoms. The Morgan fingerprint density at radius 1 is 0.895 bits per heavy atom. The van der Waals surface area contributed by atoms with Crippen LogP contribution in [0.25, 0.3) is 0 Å². The second-order valence-corrected chi connectivity index (χ2v) is 17.6. The Bertz CT molecular complexity index is 1640. The number of halogens is 3. The standard InChI is InChI=1S/C45H63F3O9/c1-10-11-15-29(24-37(27(2)3)56-39(49)44(54-9,45(46,47)48)30-16-13-12-14-17-30)28(4)34-20-21-35-33-19-18-31-25-32(55-40(50)52-7)26-38(57-41(51)53-8)43(31,6)36(33)22-23-42(34,35)5/h12-14,16-19,27-29,32,34-38H,10-11,15,20-26H2,1-9H3/t28-,29-,32-,34-,35+,36+,37-,38+,42-,43+,44-/m1/s1. The molecule has 12 heteroatoms. The highest BCUT2D eigenvalue weighted by Crippen LogP contribution is 2.67. The molecule has 3 fully saturated rings. The number of esters is 1. The van der Waals surface area contributed by atoms with Gasteiger partial charge in [0.2, 0.25) is 0 Å². The van der Waals surface area contributed by atoms with Crippen molar-refractivity contribution >= 4 is 18.3 Å². The van der Waals surface area contributed by atoms with Crippen LogP contribution in [0.3, 0.4) is 0 Å². The van der Waals surface area contributed by atoms with Gasteiger partial charge in [0.15, 0.2) is 0 Å². The van der Waals surface area contributed by atoms with Crippen LogP contribution in [0.2, 0.25) is 0 Å². The number of hydrogen-bond acceptors (Lipinski definition) is 9. The van der Waals surface area contributed by atoms with Crippen molar-refractivity contribution in [1.29, 1.82) is 0 Å². The Morgan fingerprint density at radius 3 is 2.16 bits per heavy atom. The number of unbranched alkanes of at least 4 members (excludes halogenated alkanes) is 1. The number of methoxy groups -OCH3 is 3. The fourth-order valence-electron chi connectivity index (χ4n) is 11.3. The van der Waals surface area contributed by atoms with E-state index >= 15 is 0 Å². The van der Waals surface area contributed by atoms with E-state index in [2.05, 4.69) is 39.8 Å². The van der Waals surface area contributed by atoms with Gasteiger partial charge in [-0.25, -0.2) is 14.4 Å². The maximum atomic E-state index is 14.8. The number of ether oxygens (including phenoxy) is 6. The maximum absolute atomic E-state index is 14.8. The number of rotatable bonds is 14. The first-order valence-corrected chi connectivity index (χ1v) is 20.7. The van der Waals surface area contributed by atoms with E-state index in [0.717, 1.165) is 57.6 Å². The van der Waals surface area contributed by atoms with Crippen molar-refractivity contribution in [1.82, 2.24) is 0 Å². The molecule has 9 nitrogen and oxygen atoms in total. The molecule has 0 radical (unpaired) electrons. The lowest BCUT2D eigenvalue weighted by atomic mass is 9.49. The average Bonchev–Trinajstić information content (AvgIpc) is 3.53. The summed E-state index contributed by atoms with van der Waals surface area (Å²) >= 11 is 0. The molecule has 0 amide bonds. The zero-order valence-electron chi connectivity index (χ0n) is 35.1. The Kier molecular flexibility index (Phi) is 13.9. The van der Waals surface area contributed by atoms with E-state index in [9.17, 15) is 27.6 Å². The predicted octanol–water partition coefficient (Wildman–Crippen LogP) is 10.9. The normalized spacial score (nSPS) is 30.9. The lowest BCUT2D eigenvalue weighted by Crippen LogP contribution is -2.54. The fraction of sp³-hybridized carbons (Fsp3) is 0.711. The Hall–Kier alpha value is -3.54. The summed E-state index contributed by atoms with van der Waals surface area (Å²) in [6, 6.07) is 6.99. The average molecular weight is 805 g/mol.